The maximum Gasteiger partial charge on any atom is 0.0923 e. The summed E-state index contributed by atoms with van der Waals surface area (Å²) in [5.41, 5.74) is 4.84. The zero-order valence-electron chi connectivity index (χ0n) is 13.8. The lowest BCUT2D eigenvalue weighted by atomic mass is 9.87. The molecule has 0 radical (unpaired) electrons. The normalized spacial score (nSPS) is 11.7. The maximum absolute atomic E-state index is 5.93. The fourth-order valence-electron chi connectivity index (χ4n) is 2.52. The number of rotatable bonds is 3. The molecule has 3 heteroatoms. The van der Waals surface area contributed by atoms with Crippen molar-refractivity contribution in [3.8, 4) is 11.3 Å². The van der Waals surface area contributed by atoms with Gasteiger partial charge in [-0.25, -0.2) is 0 Å². The number of halogens is 1. The number of hydrogen-bond acceptors (Lipinski definition) is 1. The Hall–Kier alpha value is -2.06. The first-order chi connectivity index (χ1) is 10.9. The van der Waals surface area contributed by atoms with E-state index in [0.717, 1.165) is 22.8 Å². The summed E-state index contributed by atoms with van der Waals surface area (Å²) in [4.78, 5) is 0. The molecular formula is C20H21ClN2. The van der Waals surface area contributed by atoms with Crippen molar-refractivity contribution in [2.45, 2.75) is 32.7 Å². The molecule has 3 aromatic rings. The molecule has 1 heterocycles. The summed E-state index contributed by atoms with van der Waals surface area (Å²) in [5, 5.41) is 5.39. The van der Waals surface area contributed by atoms with E-state index in [1.807, 2.05) is 41.2 Å². The van der Waals surface area contributed by atoms with Gasteiger partial charge in [-0.1, -0.05) is 68.8 Å². The van der Waals surface area contributed by atoms with Crippen molar-refractivity contribution >= 4 is 11.6 Å². The van der Waals surface area contributed by atoms with Gasteiger partial charge in [-0.3, -0.25) is 4.68 Å². The molecule has 0 amide bonds. The molecule has 0 bridgehead atoms. The van der Waals surface area contributed by atoms with E-state index in [0.29, 0.717) is 0 Å². The standard InChI is InChI=1S/C20H21ClN2/c1-20(2,3)17-8-4-15(5-9-17)14-23-13-12-19(22-23)16-6-10-18(21)11-7-16/h4-13H,14H2,1-3H3. The minimum atomic E-state index is 0.186. The van der Waals surface area contributed by atoms with E-state index >= 15 is 0 Å². The molecule has 0 aliphatic rings. The van der Waals surface area contributed by atoms with Crippen LogP contribution in [-0.2, 0) is 12.0 Å². The molecule has 0 atom stereocenters. The van der Waals surface area contributed by atoms with E-state index in [1.54, 1.807) is 0 Å². The molecule has 0 saturated carbocycles. The van der Waals surface area contributed by atoms with E-state index in [2.05, 4.69) is 50.1 Å². The van der Waals surface area contributed by atoms with Gasteiger partial charge in [0.15, 0.2) is 0 Å². The summed E-state index contributed by atoms with van der Waals surface area (Å²) in [6.45, 7) is 7.47. The highest BCUT2D eigenvalue weighted by molar-refractivity contribution is 6.30. The summed E-state index contributed by atoms with van der Waals surface area (Å²) in [6.07, 6.45) is 2.02. The molecule has 0 fully saturated rings. The van der Waals surface area contributed by atoms with Gasteiger partial charge < -0.3 is 0 Å². The Morgan fingerprint density at radius 2 is 1.57 bits per heavy atom. The number of nitrogens with zero attached hydrogens (tertiary/aromatic N) is 2. The lowest BCUT2D eigenvalue weighted by Crippen LogP contribution is -2.11. The van der Waals surface area contributed by atoms with Crippen molar-refractivity contribution in [3.05, 3.63) is 76.9 Å². The summed E-state index contributed by atoms with van der Waals surface area (Å²) < 4.78 is 1.97. The Morgan fingerprint density at radius 1 is 0.913 bits per heavy atom. The fraction of sp³-hybridized carbons (Fsp3) is 0.250. The largest absolute Gasteiger partial charge is 0.268 e. The Morgan fingerprint density at radius 3 is 2.17 bits per heavy atom. The van der Waals surface area contributed by atoms with Crippen LogP contribution >= 0.6 is 11.6 Å². The SMILES string of the molecule is CC(C)(C)c1ccc(Cn2ccc(-c3ccc(Cl)cc3)n2)cc1. The van der Waals surface area contributed by atoms with Crippen LogP contribution in [0.15, 0.2) is 60.8 Å². The minimum Gasteiger partial charge on any atom is -0.268 e. The Labute approximate surface area is 142 Å². The first-order valence-corrected chi connectivity index (χ1v) is 8.18. The van der Waals surface area contributed by atoms with E-state index in [1.165, 1.54) is 11.1 Å². The van der Waals surface area contributed by atoms with Crippen LogP contribution in [0.2, 0.25) is 5.02 Å². The summed E-state index contributed by atoms with van der Waals surface area (Å²) in [6, 6.07) is 18.6. The van der Waals surface area contributed by atoms with Crippen molar-refractivity contribution in [2.75, 3.05) is 0 Å². The smallest absolute Gasteiger partial charge is 0.0923 e. The molecule has 0 N–H and O–H groups in total. The molecule has 3 rings (SSSR count). The van der Waals surface area contributed by atoms with Crippen LogP contribution in [0.3, 0.4) is 0 Å². The molecule has 0 aliphatic heterocycles. The van der Waals surface area contributed by atoms with Gasteiger partial charge in [-0.15, -0.1) is 0 Å². The third kappa shape index (κ3) is 3.83. The summed E-state index contributed by atoms with van der Waals surface area (Å²) in [5.74, 6) is 0. The van der Waals surface area contributed by atoms with Gasteiger partial charge in [0.1, 0.15) is 0 Å². The van der Waals surface area contributed by atoms with E-state index in [-0.39, 0.29) is 5.41 Å². The molecular weight excluding hydrogens is 304 g/mol. The second kappa shape index (κ2) is 6.21. The average Bonchev–Trinajstić information content (AvgIpc) is 2.96. The third-order valence-corrected chi connectivity index (χ3v) is 4.20. The van der Waals surface area contributed by atoms with Crippen LogP contribution in [0, 0.1) is 0 Å². The lowest BCUT2D eigenvalue weighted by Gasteiger charge is -2.19. The lowest BCUT2D eigenvalue weighted by molar-refractivity contribution is 0.589. The zero-order chi connectivity index (χ0) is 16.4. The number of benzene rings is 2. The summed E-state index contributed by atoms with van der Waals surface area (Å²) >= 11 is 5.93. The van der Waals surface area contributed by atoms with Crippen molar-refractivity contribution in [2.24, 2.45) is 0 Å². The molecule has 1 aromatic heterocycles. The molecule has 0 saturated heterocycles. The highest BCUT2D eigenvalue weighted by atomic mass is 35.5. The second-order valence-electron chi connectivity index (χ2n) is 6.85. The zero-order valence-corrected chi connectivity index (χ0v) is 14.5. The summed E-state index contributed by atoms with van der Waals surface area (Å²) in [7, 11) is 0. The Bertz CT molecular complexity index is 778. The van der Waals surface area contributed by atoms with Crippen LogP contribution < -0.4 is 0 Å². The van der Waals surface area contributed by atoms with Gasteiger partial charge in [0, 0.05) is 16.8 Å². The van der Waals surface area contributed by atoms with Gasteiger partial charge in [0.25, 0.3) is 0 Å². The van der Waals surface area contributed by atoms with Crippen LogP contribution in [0.1, 0.15) is 31.9 Å². The van der Waals surface area contributed by atoms with Crippen LogP contribution in [0.25, 0.3) is 11.3 Å². The van der Waals surface area contributed by atoms with E-state index in [9.17, 15) is 0 Å². The van der Waals surface area contributed by atoms with Gasteiger partial charge in [-0.2, -0.15) is 5.10 Å². The van der Waals surface area contributed by atoms with Crippen molar-refractivity contribution < 1.29 is 0 Å². The van der Waals surface area contributed by atoms with Crippen LogP contribution in [0.5, 0.6) is 0 Å². The van der Waals surface area contributed by atoms with Crippen molar-refractivity contribution in [1.29, 1.82) is 0 Å². The second-order valence-corrected chi connectivity index (χ2v) is 7.29. The average molecular weight is 325 g/mol. The van der Waals surface area contributed by atoms with Gasteiger partial charge in [-0.05, 0) is 34.7 Å². The van der Waals surface area contributed by atoms with Crippen molar-refractivity contribution in [3.63, 3.8) is 0 Å². The molecule has 0 aliphatic carbocycles. The molecule has 118 valence electrons. The Balaban J connectivity index is 1.75. The van der Waals surface area contributed by atoms with Gasteiger partial charge in [0.2, 0.25) is 0 Å². The molecule has 0 unspecified atom stereocenters. The van der Waals surface area contributed by atoms with E-state index < -0.39 is 0 Å². The molecule has 0 spiro atoms. The number of aromatic nitrogens is 2. The first-order valence-electron chi connectivity index (χ1n) is 7.81. The predicted octanol–water partition coefficient (Wildman–Crippen LogP) is 5.55. The van der Waals surface area contributed by atoms with E-state index in [4.69, 9.17) is 11.6 Å². The monoisotopic (exact) mass is 324 g/mol. The maximum atomic E-state index is 5.93. The predicted molar refractivity (Wildman–Crippen MR) is 96.9 cm³/mol. The fourth-order valence-corrected chi connectivity index (χ4v) is 2.65. The van der Waals surface area contributed by atoms with Crippen LogP contribution in [-0.4, -0.2) is 9.78 Å². The highest BCUT2D eigenvalue weighted by Crippen LogP contribution is 2.23. The molecule has 2 nitrogen and oxygen atoms in total. The van der Waals surface area contributed by atoms with Gasteiger partial charge in [0.05, 0.1) is 12.2 Å². The number of hydrogen-bond donors (Lipinski definition) is 0. The molecule has 23 heavy (non-hydrogen) atoms. The molecule has 2 aromatic carbocycles. The topological polar surface area (TPSA) is 17.8 Å². The highest BCUT2D eigenvalue weighted by Gasteiger charge is 2.12. The third-order valence-electron chi connectivity index (χ3n) is 3.95. The first kappa shape index (κ1) is 15.8. The Kier molecular flexibility index (Phi) is 4.27. The van der Waals surface area contributed by atoms with Crippen LogP contribution in [0.4, 0.5) is 0 Å². The minimum absolute atomic E-state index is 0.186. The van der Waals surface area contributed by atoms with Gasteiger partial charge >= 0.3 is 0 Å². The quantitative estimate of drug-likeness (QED) is 0.617. The van der Waals surface area contributed by atoms with Crippen molar-refractivity contribution in [1.82, 2.24) is 9.78 Å².